The highest BCUT2D eigenvalue weighted by Crippen LogP contribution is 2.60. The first-order chi connectivity index (χ1) is 9.48. The molecule has 3 saturated carbocycles. The molecule has 20 heavy (non-hydrogen) atoms. The molecule has 0 unspecified atom stereocenters. The summed E-state index contributed by atoms with van der Waals surface area (Å²) in [5.74, 6) is 1.29. The van der Waals surface area contributed by atoms with Crippen molar-refractivity contribution in [3.8, 4) is 0 Å². The average Bonchev–Trinajstić information content (AvgIpc) is 2.46. The van der Waals surface area contributed by atoms with Gasteiger partial charge in [-0.3, -0.25) is 0 Å². The van der Waals surface area contributed by atoms with Gasteiger partial charge in [0.05, 0.1) is 0 Å². The van der Waals surface area contributed by atoms with Gasteiger partial charge in [-0.1, -0.05) is 49.3 Å². The third-order valence-corrected chi connectivity index (χ3v) is 5.98. The molecule has 0 aromatic heterocycles. The topological polar surface area (TPSA) is 49.2 Å². The van der Waals surface area contributed by atoms with E-state index in [-0.39, 0.29) is 5.54 Å². The van der Waals surface area contributed by atoms with Gasteiger partial charge in [0.1, 0.15) is 17.8 Å². The molecule has 3 fully saturated rings. The van der Waals surface area contributed by atoms with Crippen LogP contribution in [0, 0.1) is 17.3 Å². The van der Waals surface area contributed by atoms with Crippen LogP contribution in [0.3, 0.4) is 0 Å². The van der Waals surface area contributed by atoms with E-state index in [1.165, 1.54) is 12.0 Å². The molecular formula is C17H25N2O+. The Kier molecular flexibility index (Phi) is 3.13. The van der Waals surface area contributed by atoms with Crippen molar-refractivity contribution in [2.24, 2.45) is 22.4 Å². The van der Waals surface area contributed by atoms with Crippen molar-refractivity contribution in [1.29, 1.82) is 0 Å². The van der Waals surface area contributed by atoms with E-state index in [9.17, 15) is 5.21 Å². The van der Waals surface area contributed by atoms with Crippen LogP contribution in [0.1, 0.15) is 39.2 Å². The van der Waals surface area contributed by atoms with E-state index < -0.39 is 0 Å². The minimum Gasteiger partial charge on any atom is -0.411 e. The van der Waals surface area contributed by atoms with Crippen molar-refractivity contribution >= 4 is 5.71 Å². The number of hydrogen-bond acceptors (Lipinski definition) is 2. The Morgan fingerprint density at radius 3 is 2.55 bits per heavy atom. The average molecular weight is 273 g/mol. The molecular weight excluding hydrogens is 248 g/mol. The molecule has 4 rings (SSSR count). The number of rotatable bonds is 3. The summed E-state index contributed by atoms with van der Waals surface area (Å²) in [6, 6.07) is 10.5. The highest BCUT2D eigenvalue weighted by Gasteiger charge is 2.64. The van der Waals surface area contributed by atoms with Gasteiger partial charge < -0.3 is 10.5 Å². The fourth-order valence-corrected chi connectivity index (χ4v) is 4.39. The highest BCUT2D eigenvalue weighted by molar-refractivity contribution is 5.93. The van der Waals surface area contributed by atoms with Crippen molar-refractivity contribution < 1.29 is 10.5 Å². The van der Waals surface area contributed by atoms with Gasteiger partial charge in [0.25, 0.3) is 0 Å². The molecule has 3 nitrogen and oxygen atoms in total. The lowest BCUT2D eigenvalue weighted by atomic mass is 9.43. The normalized spacial score (nSPS) is 36.6. The zero-order chi connectivity index (χ0) is 14.4. The number of nitrogens with two attached hydrogens (primary N) is 1. The maximum Gasteiger partial charge on any atom is 0.139 e. The lowest BCUT2D eigenvalue weighted by Gasteiger charge is -2.62. The van der Waals surface area contributed by atoms with Crippen molar-refractivity contribution in [3.05, 3.63) is 35.9 Å². The monoisotopic (exact) mass is 273 g/mol. The van der Waals surface area contributed by atoms with Crippen LogP contribution in [0.2, 0.25) is 0 Å². The third kappa shape index (κ3) is 1.87. The fraction of sp³-hybridized carbons (Fsp3) is 0.588. The van der Waals surface area contributed by atoms with Crippen LogP contribution in [0.25, 0.3) is 0 Å². The highest BCUT2D eigenvalue weighted by atomic mass is 16.4. The standard InChI is InChI=1S/C17H24N2O/c1-16(2)13-9-14(16)17(3,15(10-13)19-20)18-11-12-7-5-4-6-8-12/h4-8,13-14,18,20H,9-11H2,1-3H3/p+1/b19-15-/t13-,14-,17-/m1/s1. The molecule has 0 saturated heterocycles. The largest absolute Gasteiger partial charge is 0.411 e. The predicted molar refractivity (Wildman–Crippen MR) is 79.7 cm³/mol. The molecule has 1 aromatic rings. The fourth-order valence-electron chi connectivity index (χ4n) is 4.39. The Hall–Kier alpha value is -1.35. The van der Waals surface area contributed by atoms with Crippen LogP contribution in [0.15, 0.2) is 35.5 Å². The summed E-state index contributed by atoms with van der Waals surface area (Å²) in [7, 11) is 0. The Balaban J connectivity index is 1.81. The van der Waals surface area contributed by atoms with Gasteiger partial charge in [0.2, 0.25) is 0 Å². The predicted octanol–water partition coefficient (Wildman–Crippen LogP) is 2.40. The van der Waals surface area contributed by atoms with Crippen molar-refractivity contribution in [1.82, 2.24) is 0 Å². The quantitative estimate of drug-likeness (QED) is 0.645. The van der Waals surface area contributed by atoms with Gasteiger partial charge in [-0.15, -0.1) is 0 Å². The molecule has 0 amide bonds. The van der Waals surface area contributed by atoms with Gasteiger partial charge in [-0.2, -0.15) is 0 Å². The maximum atomic E-state index is 9.40. The first-order valence-corrected chi connectivity index (χ1v) is 7.58. The second kappa shape index (κ2) is 4.59. The molecule has 0 radical (unpaired) electrons. The lowest BCUT2D eigenvalue weighted by Crippen LogP contribution is -3.01. The Bertz CT molecular complexity index is 523. The van der Waals surface area contributed by atoms with E-state index in [4.69, 9.17) is 0 Å². The Morgan fingerprint density at radius 1 is 1.25 bits per heavy atom. The van der Waals surface area contributed by atoms with E-state index in [1.54, 1.807) is 0 Å². The molecule has 3 heteroatoms. The number of nitrogens with zero attached hydrogens (tertiary/aromatic N) is 1. The molecule has 0 aliphatic heterocycles. The first kappa shape index (κ1) is 13.6. The molecule has 2 bridgehead atoms. The summed E-state index contributed by atoms with van der Waals surface area (Å²) in [6.07, 6.45) is 2.22. The zero-order valence-electron chi connectivity index (χ0n) is 12.6. The van der Waals surface area contributed by atoms with Gasteiger partial charge in [-0.25, -0.2) is 0 Å². The molecule has 3 atom stereocenters. The first-order valence-electron chi connectivity index (χ1n) is 7.58. The summed E-state index contributed by atoms with van der Waals surface area (Å²) >= 11 is 0. The van der Waals surface area contributed by atoms with Crippen LogP contribution in [-0.4, -0.2) is 16.5 Å². The van der Waals surface area contributed by atoms with E-state index in [0.717, 1.165) is 18.7 Å². The van der Waals surface area contributed by atoms with Gasteiger partial charge in [0, 0.05) is 11.5 Å². The summed E-state index contributed by atoms with van der Waals surface area (Å²) in [4.78, 5) is 0. The molecule has 0 heterocycles. The van der Waals surface area contributed by atoms with E-state index in [0.29, 0.717) is 17.3 Å². The number of oxime groups is 1. The summed E-state index contributed by atoms with van der Waals surface area (Å²) in [5, 5.41) is 15.4. The van der Waals surface area contributed by atoms with Crippen LogP contribution in [0.4, 0.5) is 0 Å². The second-order valence-corrected chi connectivity index (χ2v) is 7.23. The zero-order valence-corrected chi connectivity index (χ0v) is 12.6. The van der Waals surface area contributed by atoms with Crippen LogP contribution >= 0.6 is 0 Å². The lowest BCUT2D eigenvalue weighted by molar-refractivity contribution is -0.736. The van der Waals surface area contributed by atoms with Gasteiger partial charge >= 0.3 is 0 Å². The smallest absolute Gasteiger partial charge is 0.139 e. The molecule has 3 aliphatic carbocycles. The van der Waals surface area contributed by atoms with Crippen molar-refractivity contribution in [2.75, 3.05) is 0 Å². The number of quaternary nitrogens is 1. The minimum atomic E-state index is -0.0666. The molecule has 3 N–H and O–H groups in total. The molecule has 108 valence electrons. The minimum absolute atomic E-state index is 0.0666. The summed E-state index contributed by atoms with van der Waals surface area (Å²) in [6.45, 7) is 7.93. The maximum absolute atomic E-state index is 9.40. The number of fused-ring (bicyclic) bond motifs is 2. The second-order valence-electron chi connectivity index (χ2n) is 7.23. The van der Waals surface area contributed by atoms with Crippen molar-refractivity contribution in [2.45, 2.75) is 45.7 Å². The van der Waals surface area contributed by atoms with Crippen LogP contribution < -0.4 is 5.32 Å². The Morgan fingerprint density at radius 2 is 1.95 bits per heavy atom. The Labute approximate surface area is 121 Å². The molecule has 3 aliphatic rings. The van der Waals surface area contributed by atoms with Gasteiger partial charge in [-0.05, 0) is 31.1 Å². The van der Waals surface area contributed by atoms with Gasteiger partial charge in [0.15, 0.2) is 0 Å². The van der Waals surface area contributed by atoms with E-state index >= 15 is 0 Å². The van der Waals surface area contributed by atoms with Crippen LogP contribution in [-0.2, 0) is 6.54 Å². The van der Waals surface area contributed by atoms with E-state index in [1.807, 2.05) is 6.07 Å². The third-order valence-electron chi connectivity index (χ3n) is 5.98. The van der Waals surface area contributed by atoms with E-state index in [2.05, 4.69) is 55.5 Å². The number of benzene rings is 1. The molecule has 0 spiro atoms. The molecule has 1 aromatic carbocycles. The van der Waals surface area contributed by atoms with Crippen molar-refractivity contribution in [3.63, 3.8) is 0 Å². The summed E-state index contributed by atoms with van der Waals surface area (Å²) < 4.78 is 0. The SMILES string of the molecule is CC1(C)[C@H]2C/C(=N/O)[C@](C)([NH2+]Cc3ccccc3)[C@@H]1C2. The van der Waals surface area contributed by atoms with Crippen LogP contribution in [0.5, 0.6) is 0 Å². The number of hydrogen-bond donors (Lipinski definition) is 2. The summed E-state index contributed by atoms with van der Waals surface area (Å²) in [5.41, 5.74) is 2.61.